The molecule has 5 nitrogen and oxygen atoms in total. The zero-order valence-electron chi connectivity index (χ0n) is 10.4. The Balaban J connectivity index is 2.72. The average Bonchev–Trinajstić information content (AvgIpc) is 2.26. The highest BCUT2D eigenvalue weighted by molar-refractivity contribution is 5.64. The number of aromatic nitrogens is 1. The Hall–Kier alpha value is -1.99. The molecule has 0 bridgehead atoms. The van der Waals surface area contributed by atoms with Gasteiger partial charge in [0.1, 0.15) is 0 Å². The van der Waals surface area contributed by atoms with Gasteiger partial charge in [0.25, 0.3) is 0 Å². The van der Waals surface area contributed by atoms with Crippen molar-refractivity contribution in [2.24, 2.45) is 0 Å². The van der Waals surface area contributed by atoms with Crippen LogP contribution in [0.3, 0.4) is 0 Å². The van der Waals surface area contributed by atoms with Crippen LogP contribution in [-0.4, -0.2) is 40.9 Å². The van der Waals surface area contributed by atoms with Gasteiger partial charge >= 0.3 is 12.3 Å². The molecule has 0 atom stereocenters. The van der Waals surface area contributed by atoms with Crippen LogP contribution in [0.5, 0.6) is 5.88 Å². The molecule has 19 heavy (non-hydrogen) atoms. The van der Waals surface area contributed by atoms with E-state index in [-0.39, 0.29) is 12.4 Å². The topological polar surface area (TPSA) is 62.7 Å². The Kier molecular flexibility index (Phi) is 4.57. The highest BCUT2D eigenvalue weighted by Crippen LogP contribution is 2.20. The third-order valence-electron chi connectivity index (χ3n) is 2.21. The zero-order valence-corrected chi connectivity index (χ0v) is 10.4. The van der Waals surface area contributed by atoms with Crippen LogP contribution in [0.1, 0.15) is 11.1 Å². The Morgan fingerprint density at radius 3 is 2.63 bits per heavy atom. The summed E-state index contributed by atoms with van der Waals surface area (Å²) in [5.41, 5.74) is 0.988. The standard InChI is InChI=1S/C11H13F3N2O3/c1-7-3-8(5-16(2)10(17)18)4-15-9(7)19-6-11(12,13)14/h3-4H,5-6H2,1-2H3,(H,17,18). The molecular formula is C11H13F3N2O3. The summed E-state index contributed by atoms with van der Waals surface area (Å²) in [6, 6.07) is 1.54. The molecule has 0 radical (unpaired) electrons. The molecule has 0 spiro atoms. The number of ether oxygens (including phenoxy) is 1. The molecule has 0 saturated carbocycles. The summed E-state index contributed by atoms with van der Waals surface area (Å²) in [6.07, 6.45) is -4.23. The van der Waals surface area contributed by atoms with E-state index in [0.29, 0.717) is 11.1 Å². The molecule has 0 aliphatic heterocycles. The molecule has 0 fully saturated rings. The Morgan fingerprint density at radius 1 is 1.53 bits per heavy atom. The first-order valence-corrected chi connectivity index (χ1v) is 5.28. The summed E-state index contributed by atoms with van der Waals surface area (Å²) < 4.78 is 40.5. The van der Waals surface area contributed by atoms with Gasteiger partial charge in [-0.05, 0) is 18.6 Å². The van der Waals surface area contributed by atoms with Gasteiger partial charge in [0.15, 0.2) is 6.61 Å². The van der Waals surface area contributed by atoms with Crippen molar-refractivity contribution in [2.75, 3.05) is 13.7 Å². The number of carbonyl (C=O) groups is 1. The van der Waals surface area contributed by atoms with Crippen molar-refractivity contribution >= 4 is 6.09 Å². The van der Waals surface area contributed by atoms with Crippen LogP contribution in [0, 0.1) is 6.92 Å². The predicted octanol–water partition coefficient (Wildman–Crippen LogP) is 2.44. The quantitative estimate of drug-likeness (QED) is 0.918. The molecule has 1 N–H and O–H groups in total. The average molecular weight is 278 g/mol. The number of halogens is 3. The minimum atomic E-state index is -4.42. The lowest BCUT2D eigenvalue weighted by Gasteiger charge is -2.14. The normalized spacial score (nSPS) is 11.2. The van der Waals surface area contributed by atoms with E-state index in [1.165, 1.54) is 19.3 Å². The minimum absolute atomic E-state index is 0.0999. The Labute approximate surface area is 107 Å². The van der Waals surface area contributed by atoms with E-state index in [1.54, 1.807) is 6.92 Å². The molecule has 0 aliphatic carbocycles. The number of hydrogen-bond donors (Lipinski definition) is 1. The third-order valence-corrected chi connectivity index (χ3v) is 2.21. The maximum atomic E-state index is 12.0. The second kappa shape index (κ2) is 5.77. The van der Waals surface area contributed by atoms with Gasteiger partial charge in [-0.3, -0.25) is 0 Å². The highest BCUT2D eigenvalue weighted by atomic mass is 19.4. The first-order chi connectivity index (χ1) is 8.69. The smallest absolute Gasteiger partial charge is 0.422 e. The Bertz CT molecular complexity index is 463. The van der Waals surface area contributed by atoms with E-state index >= 15 is 0 Å². The van der Waals surface area contributed by atoms with Crippen LogP contribution >= 0.6 is 0 Å². The summed E-state index contributed by atoms with van der Waals surface area (Å²) in [6.45, 7) is 0.237. The molecule has 0 aromatic carbocycles. The lowest BCUT2D eigenvalue weighted by atomic mass is 10.2. The van der Waals surface area contributed by atoms with E-state index in [9.17, 15) is 18.0 Å². The van der Waals surface area contributed by atoms with Crippen molar-refractivity contribution < 1.29 is 27.8 Å². The fourth-order valence-corrected chi connectivity index (χ4v) is 1.35. The van der Waals surface area contributed by atoms with Crippen molar-refractivity contribution in [1.82, 2.24) is 9.88 Å². The van der Waals surface area contributed by atoms with E-state index in [1.807, 2.05) is 0 Å². The van der Waals surface area contributed by atoms with Crippen molar-refractivity contribution in [2.45, 2.75) is 19.6 Å². The van der Waals surface area contributed by atoms with Crippen LogP contribution < -0.4 is 4.74 Å². The van der Waals surface area contributed by atoms with Crippen LogP contribution in [0.15, 0.2) is 12.3 Å². The molecule has 0 saturated heterocycles. The van der Waals surface area contributed by atoms with Crippen molar-refractivity contribution in [3.05, 3.63) is 23.4 Å². The minimum Gasteiger partial charge on any atom is -0.468 e. The number of amides is 1. The third kappa shape index (κ3) is 5.02. The van der Waals surface area contributed by atoms with Gasteiger partial charge in [-0.15, -0.1) is 0 Å². The number of rotatable bonds is 4. The fourth-order valence-electron chi connectivity index (χ4n) is 1.35. The second-order valence-electron chi connectivity index (χ2n) is 4.01. The Morgan fingerprint density at radius 2 is 2.16 bits per heavy atom. The number of nitrogens with zero attached hydrogens (tertiary/aromatic N) is 2. The molecule has 1 aromatic heterocycles. The van der Waals surface area contributed by atoms with Gasteiger partial charge in [-0.2, -0.15) is 13.2 Å². The molecule has 106 valence electrons. The summed E-state index contributed by atoms with van der Waals surface area (Å²) in [7, 11) is 1.38. The van der Waals surface area contributed by atoms with Crippen LogP contribution in [0.25, 0.3) is 0 Å². The molecule has 1 amide bonds. The van der Waals surface area contributed by atoms with Gasteiger partial charge in [0.05, 0.1) is 6.54 Å². The summed E-state index contributed by atoms with van der Waals surface area (Å²) in [5, 5.41) is 8.70. The largest absolute Gasteiger partial charge is 0.468 e. The monoisotopic (exact) mass is 278 g/mol. The summed E-state index contributed by atoms with van der Waals surface area (Å²) in [5.74, 6) is -0.112. The maximum absolute atomic E-state index is 12.0. The second-order valence-corrected chi connectivity index (χ2v) is 4.01. The fraction of sp³-hybridized carbons (Fsp3) is 0.455. The summed E-state index contributed by atoms with van der Waals surface area (Å²) in [4.78, 5) is 15.4. The number of hydrogen-bond acceptors (Lipinski definition) is 3. The van der Waals surface area contributed by atoms with Gasteiger partial charge < -0.3 is 14.7 Å². The molecule has 1 heterocycles. The first-order valence-electron chi connectivity index (χ1n) is 5.28. The number of pyridine rings is 1. The van der Waals surface area contributed by atoms with E-state index in [0.717, 1.165) is 4.90 Å². The SMILES string of the molecule is Cc1cc(CN(C)C(=O)O)cnc1OCC(F)(F)F. The van der Waals surface area contributed by atoms with Crippen molar-refractivity contribution in [1.29, 1.82) is 0 Å². The molecule has 0 unspecified atom stereocenters. The van der Waals surface area contributed by atoms with Crippen LogP contribution in [-0.2, 0) is 6.54 Å². The van der Waals surface area contributed by atoms with Gasteiger partial charge in [0, 0.05) is 18.8 Å². The number of carboxylic acid groups (broad SMARTS) is 1. The van der Waals surface area contributed by atoms with Gasteiger partial charge in [-0.25, -0.2) is 9.78 Å². The maximum Gasteiger partial charge on any atom is 0.422 e. The molecular weight excluding hydrogens is 265 g/mol. The van der Waals surface area contributed by atoms with Crippen molar-refractivity contribution in [3.8, 4) is 5.88 Å². The number of alkyl halides is 3. The van der Waals surface area contributed by atoms with Crippen LogP contribution in [0.2, 0.25) is 0 Å². The van der Waals surface area contributed by atoms with Gasteiger partial charge in [-0.1, -0.05) is 0 Å². The van der Waals surface area contributed by atoms with E-state index in [2.05, 4.69) is 9.72 Å². The van der Waals surface area contributed by atoms with E-state index in [4.69, 9.17) is 5.11 Å². The highest BCUT2D eigenvalue weighted by Gasteiger charge is 2.28. The molecule has 0 aliphatic rings. The van der Waals surface area contributed by atoms with E-state index < -0.39 is 18.9 Å². The van der Waals surface area contributed by atoms with Crippen molar-refractivity contribution in [3.63, 3.8) is 0 Å². The molecule has 1 rings (SSSR count). The zero-order chi connectivity index (χ0) is 14.6. The summed E-state index contributed by atoms with van der Waals surface area (Å²) >= 11 is 0. The van der Waals surface area contributed by atoms with Crippen LogP contribution in [0.4, 0.5) is 18.0 Å². The molecule has 8 heteroatoms. The lowest BCUT2D eigenvalue weighted by molar-refractivity contribution is -0.154. The number of aryl methyl sites for hydroxylation is 1. The van der Waals surface area contributed by atoms with Gasteiger partial charge in [0.2, 0.25) is 5.88 Å². The predicted molar refractivity (Wildman–Crippen MR) is 60.0 cm³/mol. The molecule has 1 aromatic rings. The first kappa shape index (κ1) is 15.1. The lowest BCUT2D eigenvalue weighted by Crippen LogP contribution is -2.24.